The fraction of sp³-hybridized carbons (Fsp3) is 1.00. The van der Waals surface area contributed by atoms with E-state index in [4.69, 9.17) is 9.47 Å². The Hall–Kier alpha value is -0.200. The predicted octanol–water partition coefficient (Wildman–Crippen LogP) is 4.91. The smallest absolute Gasteiger partial charge is 0.186 e. The summed E-state index contributed by atoms with van der Waals surface area (Å²) in [5.74, 6) is 3.07. The molecule has 0 spiro atoms. The van der Waals surface area contributed by atoms with Crippen LogP contribution in [0.15, 0.2) is 0 Å². The van der Waals surface area contributed by atoms with Gasteiger partial charge in [0.15, 0.2) is 6.29 Å². The van der Waals surface area contributed by atoms with Gasteiger partial charge in [-0.2, -0.15) is 0 Å². The maximum Gasteiger partial charge on any atom is 0.186 e. The molecular weight excluding hydrogens is 380 g/mol. The predicted molar refractivity (Wildman–Crippen MR) is 122 cm³/mol. The molecule has 0 bridgehead atoms. The molecule has 1 heterocycles. The van der Waals surface area contributed by atoms with Gasteiger partial charge < -0.3 is 24.8 Å². The maximum absolute atomic E-state index is 9.88. The molecular formula is C25H50O5. The molecule has 1 saturated heterocycles. The first kappa shape index (κ1) is 27.8. The van der Waals surface area contributed by atoms with E-state index in [0.29, 0.717) is 12.5 Å². The highest BCUT2D eigenvalue weighted by Gasteiger charge is 2.38. The zero-order chi connectivity index (χ0) is 22.5. The number of rotatable bonds is 16. The van der Waals surface area contributed by atoms with Crippen LogP contribution in [-0.4, -0.2) is 53.1 Å². The minimum atomic E-state index is -1.20. The summed E-state index contributed by atoms with van der Waals surface area (Å²) in [4.78, 5) is 0. The van der Waals surface area contributed by atoms with E-state index in [1.165, 1.54) is 57.8 Å². The second kappa shape index (κ2) is 15.6. The third-order valence-corrected chi connectivity index (χ3v) is 6.61. The van der Waals surface area contributed by atoms with Crippen LogP contribution in [0.25, 0.3) is 0 Å². The average molecular weight is 431 g/mol. The lowest BCUT2D eigenvalue weighted by molar-refractivity contribution is -0.270. The van der Waals surface area contributed by atoms with Crippen molar-refractivity contribution in [1.29, 1.82) is 0 Å². The Morgan fingerprint density at radius 1 is 0.700 bits per heavy atom. The molecule has 5 heteroatoms. The molecule has 0 aromatic rings. The van der Waals surface area contributed by atoms with Crippen molar-refractivity contribution in [3.63, 3.8) is 0 Å². The summed E-state index contributed by atoms with van der Waals surface area (Å²) in [5.41, 5.74) is 0. The van der Waals surface area contributed by atoms with Gasteiger partial charge in [0.1, 0.15) is 18.3 Å². The van der Waals surface area contributed by atoms with Gasteiger partial charge in [-0.15, -0.1) is 0 Å². The number of aliphatic hydroxyl groups excluding tert-OH is 3. The largest absolute Gasteiger partial charge is 0.388 e. The van der Waals surface area contributed by atoms with Crippen LogP contribution in [-0.2, 0) is 9.47 Å². The zero-order valence-corrected chi connectivity index (χ0v) is 20.3. The van der Waals surface area contributed by atoms with Crippen LogP contribution in [0.2, 0.25) is 0 Å². The lowest BCUT2D eigenvalue weighted by Crippen LogP contribution is -2.53. The summed E-state index contributed by atoms with van der Waals surface area (Å²) < 4.78 is 10.9. The van der Waals surface area contributed by atoms with Crippen molar-refractivity contribution in [2.45, 2.75) is 123 Å². The lowest BCUT2D eigenvalue weighted by Gasteiger charge is -2.35. The van der Waals surface area contributed by atoms with E-state index in [1.807, 2.05) is 0 Å². The van der Waals surface area contributed by atoms with Crippen molar-refractivity contribution >= 4 is 0 Å². The minimum Gasteiger partial charge on any atom is -0.388 e. The molecule has 0 aromatic heterocycles. The second-order valence-corrected chi connectivity index (χ2v) is 10.4. The van der Waals surface area contributed by atoms with Gasteiger partial charge in [0.25, 0.3) is 0 Å². The molecule has 1 unspecified atom stereocenters. The van der Waals surface area contributed by atoms with Crippen molar-refractivity contribution in [3.8, 4) is 0 Å². The number of ether oxygens (including phenoxy) is 2. The summed E-state index contributed by atoms with van der Waals surface area (Å²) in [7, 11) is 0. The maximum atomic E-state index is 9.88. The molecule has 0 amide bonds. The molecule has 1 rings (SSSR count). The van der Waals surface area contributed by atoms with E-state index in [1.54, 1.807) is 0 Å². The lowest BCUT2D eigenvalue weighted by atomic mass is 9.91. The van der Waals surface area contributed by atoms with Gasteiger partial charge >= 0.3 is 0 Å². The quantitative estimate of drug-likeness (QED) is 0.324. The summed E-state index contributed by atoms with van der Waals surface area (Å²) in [5, 5.41) is 29.0. The normalized spacial score (nSPS) is 27.9. The SMILES string of the molecule is CC(C)CCC[C@H](C)CCC[C@H](C)CCCC(C)CCO[C@@H]1OC[C@@H](O)[C@@H](O)[C@H]1O. The fourth-order valence-electron chi connectivity index (χ4n) is 4.25. The van der Waals surface area contributed by atoms with Crippen LogP contribution in [0.1, 0.15) is 98.8 Å². The van der Waals surface area contributed by atoms with Crippen LogP contribution >= 0.6 is 0 Å². The summed E-state index contributed by atoms with van der Waals surface area (Å²) in [6, 6.07) is 0. The highest BCUT2D eigenvalue weighted by Crippen LogP contribution is 2.23. The Morgan fingerprint density at radius 2 is 1.17 bits per heavy atom. The molecule has 5 nitrogen and oxygen atoms in total. The molecule has 0 saturated carbocycles. The van der Waals surface area contributed by atoms with Crippen molar-refractivity contribution in [1.82, 2.24) is 0 Å². The Bertz CT molecular complexity index is 416. The highest BCUT2D eigenvalue weighted by molar-refractivity contribution is 4.82. The van der Waals surface area contributed by atoms with Gasteiger partial charge in [0.2, 0.25) is 0 Å². The number of hydrogen-bond donors (Lipinski definition) is 3. The van der Waals surface area contributed by atoms with Gasteiger partial charge in [-0.1, -0.05) is 92.4 Å². The molecule has 30 heavy (non-hydrogen) atoms. The molecule has 7 atom stereocenters. The topological polar surface area (TPSA) is 79.2 Å². The molecule has 1 fully saturated rings. The summed E-state index contributed by atoms with van der Waals surface area (Å²) >= 11 is 0. The van der Waals surface area contributed by atoms with Crippen molar-refractivity contribution in [2.75, 3.05) is 13.2 Å². The Kier molecular flexibility index (Phi) is 14.5. The first-order valence-corrected chi connectivity index (χ1v) is 12.5. The summed E-state index contributed by atoms with van der Waals surface area (Å²) in [6.07, 6.45) is 8.56. The fourth-order valence-corrected chi connectivity index (χ4v) is 4.25. The number of aliphatic hydroxyl groups is 3. The van der Waals surface area contributed by atoms with E-state index in [9.17, 15) is 15.3 Å². The Balaban J connectivity index is 2.02. The number of hydrogen-bond acceptors (Lipinski definition) is 5. The van der Waals surface area contributed by atoms with Crippen LogP contribution in [0.4, 0.5) is 0 Å². The molecule has 0 aromatic carbocycles. The minimum absolute atomic E-state index is 0.00689. The first-order valence-electron chi connectivity index (χ1n) is 12.5. The van der Waals surface area contributed by atoms with E-state index >= 15 is 0 Å². The van der Waals surface area contributed by atoms with Gasteiger partial charge in [0.05, 0.1) is 13.2 Å². The third kappa shape index (κ3) is 12.0. The molecule has 1 aliphatic rings. The second-order valence-electron chi connectivity index (χ2n) is 10.4. The van der Waals surface area contributed by atoms with Crippen molar-refractivity contribution in [3.05, 3.63) is 0 Å². The molecule has 180 valence electrons. The monoisotopic (exact) mass is 430 g/mol. The molecule has 0 aliphatic carbocycles. The Morgan fingerprint density at radius 3 is 1.67 bits per heavy atom. The highest BCUT2D eigenvalue weighted by atomic mass is 16.7. The van der Waals surface area contributed by atoms with Crippen LogP contribution < -0.4 is 0 Å². The average Bonchev–Trinajstić information content (AvgIpc) is 2.67. The third-order valence-electron chi connectivity index (χ3n) is 6.61. The van der Waals surface area contributed by atoms with E-state index in [0.717, 1.165) is 24.2 Å². The summed E-state index contributed by atoms with van der Waals surface area (Å²) in [6.45, 7) is 12.2. The van der Waals surface area contributed by atoms with Crippen molar-refractivity contribution in [2.24, 2.45) is 23.7 Å². The van der Waals surface area contributed by atoms with Gasteiger partial charge in [-0.25, -0.2) is 0 Å². The van der Waals surface area contributed by atoms with Crippen LogP contribution in [0.5, 0.6) is 0 Å². The standard InChI is InChI=1S/C25H50O5/c1-18(2)9-6-10-19(3)11-7-12-20(4)13-8-14-21(5)15-16-29-25-24(28)23(27)22(26)17-30-25/h18-28H,6-17H2,1-5H3/t19-,20-,21?,22+,23+,24+,25+/m0/s1. The van der Waals surface area contributed by atoms with E-state index in [2.05, 4.69) is 34.6 Å². The van der Waals surface area contributed by atoms with Crippen LogP contribution in [0, 0.1) is 23.7 Å². The molecule has 0 radical (unpaired) electrons. The molecule has 1 aliphatic heterocycles. The molecule has 3 N–H and O–H groups in total. The van der Waals surface area contributed by atoms with Gasteiger partial charge in [0, 0.05) is 0 Å². The van der Waals surface area contributed by atoms with Crippen molar-refractivity contribution < 1.29 is 24.8 Å². The zero-order valence-electron chi connectivity index (χ0n) is 20.3. The van der Waals surface area contributed by atoms with Gasteiger partial charge in [-0.05, 0) is 30.1 Å². The van der Waals surface area contributed by atoms with E-state index in [-0.39, 0.29) is 6.61 Å². The van der Waals surface area contributed by atoms with E-state index < -0.39 is 24.6 Å². The first-order chi connectivity index (χ1) is 14.2. The Labute approximate surface area is 185 Å². The van der Waals surface area contributed by atoms with Gasteiger partial charge in [-0.3, -0.25) is 0 Å². The van der Waals surface area contributed by atoms with Crippen LogP contribution in [0.3, 0.4) is 0 Å².